The van der Waals surface area contributed by atoms with Gasteiger partial charge in [0, 0.05) is 11.4 Å². The molecule has 0 spiro atoms. The first-order chi connectivity index (χ1) is 13.4. The first-order valence-electron chi connectivity index (χ1n) is 8.19. The Bertz CT molecular complexity index is 1110. The van der Waals surface area contributed by atoms with Gasteiger partial charge in [0.05, 0.1) is 29.7 Å². The van der Waals surface area contributed by atoms with E-state index in [1.807, 2.05) is 4.90 Å². The van der Waals surface area contributed by atoms with E-state index >= 15 is 0 Å². The zero-order valence-electron chi connectivity index (χ0n) is 14.6. The van der Waals surface area contributed by atoms with Crippen molar-refractivity contribution in [2.24, 2.45) is 4.40 Å². The summed E-state index contributed by atoms with van der Waals surface area (Å²) in [6.07, 6.45) is 0. The van der Waals surface area contributed by atoms with Gasteiger partial charge >= 0.3 is 11.9 Å². The molecule has 0 saturated carbocycles. The summed E-state index contributed by atoms with van der Waals surface area (Å²) < 4.78 is 37.1. The second kappa shape index (κ2) is 6.95. The highest BCUT2D eigenvalue weighted by Crippen LogP contribution is 2.42. The lowest BCUT2D eigenvalue weighted by molar-refractivity contribution is 0.0600. The van der Waals surface area contributed by atoms with Crippen LogP contribution in [0, 0.1) is 0 Å². The third kappa shape index (κ3) is 3.48. The smallest absolute Gasteiger partial charge is 0.343 e. The molecule has 2 aromatic carbocycles. The molecule has 10 heteroatoms. The third-order valence-electron chi connectivity index (χ3n) is 4.19. The number of esters is 2. The zero-order valence-corrected chi connectivity index (χ0v) is 16.2. The Labute approximate surface area is 165 Å². The molecule has 0 bridgehead atoms. The van der Waals surface area contributed by atoms with Crippen molar-refractivity contribution in [1.29, 1.82) is 0 Å². The minimum Gasteiger partial charge on any atom is -0.465 e. The molecule has 0 atom stereocenters. The molecule has 28 heavy (non-hydrogen) atoms. The van der Waals surface area contributed by atoms with E-state index in [1.165, 1.54) is 43.1 Å². The van der Waals surface area contributed by atoms with Crippen LogP contribution >= 0.6 is 11.8 Å². The lowest BCUT2D eigenvalue weighted by atomic mass is 10.2. The zero-order chi connectivity index (χ0) is 19.9. The molecule has 0 aromatic heterocycles. The van der Waals surface area contributed by atoms with Crippen LogP contribution in [0.25, 0.3) is 0 Å². The van der Waals surface area contributed by atoms with Gasteiger partial charge in [0.15, 0.2) is 5.17 Å². The lowest BCUT2D eigenvalue weighted by Gasteiger charge is -2.22. The van der Waals surface area contributed by atoms with Gasteiger partial charge in [-0.25, -0.2) is 18.0 Å². The second-order valence-corrected chi connectivity index (χ2v) is 8.77. The van der Waals surface area contributed by atoms with Crippen molar-refractivity contribution < 1.29 is 27.5 Å². The minimum absolute atomic E-state index is 0.0398. The van der Waals surface area contributed by atoms with Crippen molar-refractivity contribution >= 4 is 44.6 Å². The highest BCUT2D eigenvalue weighted by atomic mass is 32.2. The Morgan fingerprint density at radius 2 is 1.79 bits per heavy atom. The lowest BCUT2D eigenvalue weighted by Crippen LogP contribution is -2.35. The summed E-state index contributed by atoms with van der Waals surface area (Å²) in [6, 6.07) is 11.0. The fourth-order valence-corrected chi connectivity index (χ4v) is 5.10. The third-order valence-corrected chi connectivity index (χ3v) is 6.50. The summed E-state index contributed by atoms with van der Waals surface area (Å²) in [7, 11) is -2.15. The average molecular weight is 418 g/mol. The molecule has 144 valence electrons. The molecule has 4 rings (SSSR count). The Kier molecular flexibility index (Phi) is 4.60. The fraction of sp³-hybridized carbons (Fsp3) is 0.167. The maximum Gasteiger partial charge on any atom is 0.343 e. The van der Waals surface area contributed by atoms with Gasteiger partial charge in [-0.15, -0.1) is 4.40 Å². The van der Waals surface area contributed by atoms with Gasteiger partial charge in [0.2, 0.25) is 0 Å². The van der Waals surface area contributed by atoms with Crippen molar-refractivity contribution in [1.82, 2.24) is 0 Å². The molecule has 0 saturated heterocycles. The Hall–Kier alpha value is -2.85. The standard InChI is InChI=1S/C18H14N2O6S2/c1-25-16(21)11-2-5-13(6-3-11)26-17(22)12-4-7-14-15(10-12)27-18-19-28(23,24)9-8-20(14)18/h2-7,10H,8-9H2,1H3. The Balaban J connectivity index is 1.52. The molecule has 0 radical (unpaired) electrons. The van der Waals surface area contributed by atoms with E-state index in [0.29, 0.717) is 28.6 Å². The number of methoxy groups -OCH3 is 1. The summed E-state index contributed by atoms with van der Waals surface area (Å²) in [5.74, 6) is -0.788. The van der Waals surface area contributed by atoms with Gasteiger partial charge < -0.3 is 14.4 Å². The molecule has 2 aliphatic rings. The van der Waals surface area contributed by atoms with Crippen molar-refractivity contribution in [3.8, 4) is 5.75 Å². The molecule has 2 heterocycles. The minimum atomic E-state index is -3.43. The number of ether oxygens (including phenoxy) is 2. The number of hydrogen-bond acceptors (Lipinski definition) is 8. The molecule has 0 unspecified atom stereocenters. The van der Waals surface area contributed by atoms with Crippen LogP contribution in [0.3, 0.4) is 0 Å². The number of sulfonamides is 1. The topological polar surface area (TPSA) is 102 Å². The van der Waals surface area contributed by atoms with Gasteiger partial charge in [0.25, 0.3) is 10.0 Å². The summed E-state index contributed by atoms with van der Waals surface area (Å²) in [4.78, 5) is 26.4. The number of fused-ring (bicyclic) bond motifs is 3. The summed E-state index contributed by atoms with van der Waals surface area (Å²) in [6.45, 7) is 0.331. The summed E-state index contributed by atoms with van der Waals surface area (Å²) >= 11 is 1.21. The predicted octanol–water partition coefficient (Wildman–Crippen LogP) is 2.30. The van der Waals surface area contributed by atoms with Crippen LogP contribution in [0.4, 0.5) is 5.69 Å². The van der Waals surface area contributed by atoms with Gasteiger partial charge in [-0.2, -0.15) is 0 Å². The normalized spacial score (nSPS) is 16.6. The quantitative estimate of drug-likeness (QED) is 0.553. The van der Waals surface area contributed by atoms with Gasteiger partial charge in [0.1, 0.15) is 5.75 Å². The number of nitrogens with zero attached hydrogens (tertiary/aromatic N) is 2. The molecular weight excluding hydrogens is 404 g/mol. The van der Waals surface area contributed by atoms with Crippen LogP contribution in [0.1, 0.15) is 20.7 Å². The van der Waals surface area contributed by atoms with Crippen LogP contribution < -0.4 is 9.64 Å². The highest BCUT2D eigenvalue weighted by molar-refractivity contribution is 8.15. The van der Waals surface area contributed by atoms with Crippen molar-refractivity contribution in [3.05, 3.63) is 53.6 Å². The van der Waals surface area contributed by atoms with Crippen LogP contribution in [0.2, 0.25) is 0 Å². The van der Waals surface area contributed by atoms with Gasteiger partial charge in [-0.1, -0.05) is 0 Å². The number of carbonyl (C=O) groups is 2. The van der Waals surface area contributed by atoms with E-state index in [1.54, 1.807) is 18.2 Å². The van der Waals surface area contributed by atoms with E-state index in [-0.39, 0.29) is 5.75 Å². The Morgan fingerprint density at radius 3 is 2.50 bits per heavy atom. The number of amidine groups is 1. The van der Waals surface area contributed by atoms with Gasteiger partial charge in [-0.05, 0) is 54.2 Å². The predicted molar refractivity (Wildman–Crippen MR) is 104 cm³/mol. The number of hydrogen-bond donors (Lipinski definition) is 0. The molecule has 2 aromatic rings. The molecular formula is C18H14N2O6S2. The molecule has 0 amide bonds. The number of anilines is 1. The summed E-state index contributed by atoms with van der Waals surface area (Å²) in [5.41, 5.74) is 1.49. The van der Waals surface area contributed by atoms with E-state index in [0.717, 1.165) is 10.6 Å². The van der Waals surface area contributed by atoms with E-state index in [4.69, 9.17) is 4.74 Å². The molecule has 0 aliphatic carbocycles. The highest BCUT2D eigenvalue weighted by Gasteiger charge is 2.33. The summed E-state index contributed by atoms with van der Waals surface area (Å²) in [5, 5.41) is 0.394. The van der Waals surface area contributed by atoms with Crippen LogP contribution in [0.15, 0.2) is 51.8 Å². The number of thioether (sulfide) groups is 1. The van der Waals surface area contributed by atoms with Gasteiger partial charge in [-0.3, -0.25) is 0 Å². The van der Waals surface area contributed by atoms with E-state index in [9.17, 15) is 18.0 Å². The molecule has 8 nitrogen and oxygen atoms in total. The number of rotatable bonds is 3. The molecule has 0 N–H and O–H groups in total. The number of benzene rings is 2. The van der Waals surface area contributed by atoms with E-state index in [2.05, 4.69) is 9.13 Å². The first kappa shape index (κ1) is 18.5. The van der Waals surface area contributed by atoms with E-state index < -0.39 is 22.0 Å². The maximum atomic E-state index is 12.4. The van der Waals surface area contributed by atoms with Crippen LogP contribution in [0.5, 0.6) is 5.75 Å². The second-order valence-electron chi connectivity index (χ2n) is 6.00. The van der Waals surface area contributed by atoms with Crippen molar-refractivity contribution in [2.45, 2.75) is 4.90 Å². The molecule has 0 fully saturated rings. The number of carbonyl (C=O) groups excluding carboxylic acids is 2. The fourth-order valence-electron chi connectivity index (χ4n) is 2.80. The Morgan fingerprint density at radius 1 is 1.07 bits per heavy atom. The largest absolute Gasteiger partial charge is 0.465 e. The van der Waals surface area contributed by atoms with Crippen LogP contribution in [-0.4, -0.2) is 44.9 Å². The van der Waals surface area contributed by atoms with Crippen LogP contribution in [-0.2, 0) is 14.8 Å². The first-order valence-corrected chi connectivity index (χ1v) is 10.6. The van der Waals surface area contributed by atoms with Crippen molar-refractivity contribution in [2.75, 3.05) is 24.3 Å². The van der Waals surface area contributed by atoms with Crippen molar-refractivity contribution in [3.63, 3.8) is 0 Å². The molecule has 2 aliphatic heterocycles. The monoisotopic (exact) mass is 418 g/mol. The average Bonchev–Trinajstić information content (AvgIpc) is 3.03. The SMILES string of the molecule is COC(=O)c1ccc(OC(=O)c2ccc3c(c2)SC2=NS(=O)(=O)CCN23)cc1. The maximum absolute atomic E-state index is 12.4.